The van der Waals surface area contributed by atoms with Crippen LogP contribution in [0.5, 0.6) is 0 Å². The minimum atomic E-state index is -0.321. The highest BCUT2D eigenvalue weighted by Crippen LogP contribution is 2.38. The molecule has 0 bridgehead atoms. The van der Waals surface area contributed by atoms with Gasteiger partial charge in [-0.2, -0.15) is 0 Å². The van der Waals surface area contributed by atoms with Crippen molar-refractivity contribution in [2.75, 3.05) is 13.1 Å². The third kappa shape index (κ3) is 1.82. The second kappa shape index (κ2) is 3.98. The Balaban J connectivity index is 1.63. The zero-order chi connectivity index (χ0) is 12.0. The Bertz CT molecular complexity index is 358. The fourth-order valence-corrected chi connectivity index (χ4v) is 3.44. The number of aliphatic hydroxyl groups excluding tert-OH is 1. The second-order valence-corrected chi connectivity index (χ2v) is 5.47. The van der Waals surface area contributed by atoms with Crippen LogP contribution in [0, 0.1) is 11.8 Å². The van der Waals surface area contributed by atoms with E-state index in [1.54, 1.807) is 0 Å². The van der Waals surface area contributed by atoms with E-state index in [-0.39, 0.29) is 29.9 Å². The Hall–Kier alpha value is -1.10. The second-order valence-electron chi connectivity index (χ2n) is 5.47. The molecule has 94 valence electrons. The van der Waals surface area contributed by atoms with Gasteiger partial charge in [-0.3, -0.25) is 9.59 Å². The predicted molar refractivity (Wildman–Crippen MR) is 60.0 cm³/mol. The number of likely N-dealkylation sites (tertiary alicyclic amines) is 1. The maximum absolute atomic E-state index is 12.2. The van der Waals surface area contributed by atoms with Crippen LogP contribution in [-0.2, 0) is 9.59 Å². The molecule has 2 aliphatic heterocycles. The van der Waals surface area contributed by atoms with Crippen LogP contribution in [0.15, 0.2) is 0 Å². The van der Waals surface area contributed by atoms with Gasteiger partial charge >= 0.3 is 0 Å². The standard InChI is InChI=1S/C12H18N2O3/c15-10-3-1-7-5-14(6-8(7)10)12(17)9-2-4-11(16)13-9/h7-10,15H,1-6H2,(H,13,16)/t7?,8?,9-,10?/m0/s1. The van der Waals surface area contributed by atoms with Crippen molar-refractivity contribution in [1.82, 2.24) is 10.2 Å². The molecule has 0 aromatic heterocycles. The average molecular weight is 238 g/mol. The predicted octanol–water partition coefficient (Wildman–Crippen LogP) is -0.506. The highest BCUT2D eigenvalue weighted by atomic mass is 16.3. The van der Waals surface area contributed by atoms with Crippen molar-refractivity contribution in [1.29, 1.82) is 0 Å². The van der Waals surface area contributed by atoms with Crippen molar-refractivity contribution in [2.45, 2.75) is 37.8 Å². The van der Waals surface area contributed by atoms with Gasteiger partial charge in [-0.25, -0.2) is 0 Å². The van der Waals surface area contributed by atoms with Gasteiger partial charge in [0.2, 0.25) is 11.8 Å². The van der Waals surface area contributed by atoms with E-state index in [1.165, 1.54) is 0 Å². The fraction of sp³-hybridized carbons (Fsp3) is 0.833. The van der Waals surface area contributed by atoms with Crippen LogP contribution in [-0.4, -0.2) is 47.1 Å². The van der Waals surface area contributed by atoms with Crippen LogP contribution in [0.1, 0.15) is 25.7 Å². The summed E-state index contributed by atoms with van der Waals surface area (Å²) in [6.07, 6.45) is 2.73. The van der Waals surface area contributed by atoms with Crippen molar-refractivity contribution in [2.24, 2.45) is 11.8 Å². The monoisotopic (exact) mass is 238 g/mol. The smallest absolute Gasteiger partial charge is 0.245 e. The summed E-state index contributed by atoms with van der Waals surface area (Å²) in [7, 11) is 0. The van der Waals surface area contributed by atoms with Crippen LogP contribution in [0.25, 0.3) is 0 Å². The number of hydrogen-bond acceptors (Lipinski definition) is 3. The van der Waals surface area contributed by atoms with E-state index in [0.29, 0.717) is 25.3 Å². The van der Waals surface area contributed by atoms with Gasteiger partial charge in [-0.05, 0) is 25.2 Å². The van der Waals surface area contributed by atoms with Gasteiger partial charge in [0, 0.05) is 25.4 Å². The summed E-state index contributed by atoms with van der Waals surface area (Å²) in [6, 6.07) is -0.321. The molecule has 0 spiro atoms. The summed E-state index contributed by atoms with van der Waals surface area (Å²) in [4.78, 5) is 25.1. The van der Waals surface area contributed by atoms with Crippen molar-refractivity contribution in [3.05, 3.63) is 0 Å². The van der Waals surface area contributed by atoms with Crippen molar-refractivity contribution < 1.29 is 14.7 Å². The van der Waals surface area contributed by atoms with Crippen LogP contribution in [0.2, 0.25) is 0 Å². The number of amides is 2. The molecule has 1 aliphatic carbocycles. The molecule has 3 fully saturated rings. The Morgan fingerprint density at radius 1 is 1.29 bits per heavy atom. The van der Waals surface area contributed by atoms with E-state index in [0.717, 1.165) is 19.4 Å². The lowest BCUT2D eigenvalue weighted by atomic mass is 10.00. The molecule has 1 saturated carbocycles. The maximum atomic E-state index is 12.2. The minimum absolute atomic E-state index is 0.0252. The van der Waals surface area contributed by atoms with Gasteiger partial charge in [-0.15, -0.1) is 0 Å². The quantitative estimate of drug-likeness (QED) is 0.646. The van der Waals surface area contributed by atoms with E-state index in [9.17, 15) is 14.7 Å². The topological polar surface area (TPSA) is 69.6 Å². The molecule has 17 heavy (non-hydrogen) atoms. The van der Waals surface area contributed by atoms with E-state index in [2.05, 4.69) is 5.32 Å². The maximum Gasteiger partial charge on any atom is 0.245 e. The first-order valence-electron chi connectivity index (χ1n) is 6.41. The molecule has 4 atom stereocenters. The SMILES string of the molecule is O=C1CC[C@@H](C(=O)N2CC3CCC(O)C3C2)N1. The number of carbonyl (C=O) groups excluding carboxylic acids is 2. The van der Waals surface area contributed by atoms with E-state index in [1.807, 2.05) is 4.90 Å². The van der Waals surface area contributed by atoms with Gasteiger partial charge in [0.05, 0.1) is 6.10 Å². The fourth-order valence-electron chi connectivity index (χ4n) is 3.44. The minimum Gasteiger partial charge on any atom is -0.393 e. The van der Waals surface area contributed by atoms with Gasteiger partial charge in [-0.1, -0.05) is 0 Å². The summed E-state index contributed by atoms with van der Waals surface area (Å²) in [5.41, 5.74) is 0. The van der Waals surface area contributed by atoms with Crippen LogP contribution in [0.3, 0.4) is 0 Å². The molecule has 3 aliphatic rings. The molecule has 5 heteroatoms. The number of nitrogens with zero attached hydrogens (tertiary/aromatic N) is 1. The van der Waals surface area contributed by atoms with Gasteiger partial charge in [0.15, 0.2) is 0 Å². The first kappa shape index (κ1) is 11.0. The first-order chi connectivity index (χ1) is 8.15. The van der Waals surface area contributed by atoms with E-state index in [4.69, 9.17) is 0 Å². The lowest BCUT2D eigenvalue weighted by Gasteiger charge is -2.21. The third-order valence-electron chi connectivity index (χ3n) is 4.42. The number of carbonyl (C=O) groups is 2. The molecule has 5 nitrogen and oxygen atoms in total. The number of fused-ring (bicyclic) bond motifs is 1. The van der Waals surface area contributed by atoms with Gasteiger partial charge in [0.1, 0.15) is 6.04 Å². The zero-order valence-corrected chi connectivity index (χ0v) is 9.76. The Morgan fingerprint density at radius 2 is 2.12 bits per heavy atom. The third-order valence-corrected chi connectivity index (χ3v) is 4.42. The highest BCUT2D eigenvalue weighted by Gasteiger charge is 2.44. The molecule has 0 aromatic carbocycles. The lowest BCUT2D eigenvalue weighted by Crippen LogP contribution is -2.44. The number of nitrogens with one attached hydrogen (secondary N) is 1. The Kier molecular flexibility index (Phi) is 2.58. The molecule has 2 heterocycles. The van der Waals surface area contributed by atoms with Crippen LogP contribution >= 0.6 is 0 Å². The van der Waals surface area contributed by atoms with Crippen LogP contribution < -0.4 is 5.32 Å². The normalized spacial score (nSPS) is 40.5. The lowest BCUT2D eigenvalue weighted by molar-refractivity contribution is -0.133. The number of rotatable bonds is 1. The summed E-state index contributed by atoms with van der Waals surface area (Å²) in [5.74, 6) is 0.738. The van der Waals surface area contributed by atoms with Crippen molar-refractivity contribution >= 4 is 11.8 Å². The van der Waals surface area contributed by atoms with Crippen molar-refractivity contribution in [3.63, 3.8) is 0 Å². The zero-order valence-electron chi connectivity index (χ0n) is 9.76. The summed E-state index contributed by atoms with van der Waals surface area (Å²) < 4.78 is 0. The Morgan fingerprint density at radius 3 is 2.76 bits per heavy atom. The molecule has 2 amide bonds. The van der Waals surface area contributed by atoms with Gasteiger partial charge < -0.3 is 15.3 Å². The highest BCUT2D eigenvalue weighted by molar-refractivity contribution is 5.90. The molecule has 0 radical (unpaired) electrons. The van der Waals surface area contributed by atoms with E-state index < -0.39 is 0 Å². The largest absolute Gasteiger partial charge is 0.393 e. The molecule has 3 unspecified atom stereocenters. The van der Waals surface area contributed by atoms with Crippen LogP contribution in [0.4, 0.5) is 0 Å². The van der Waals surface area contributed by atoms with Gasteiger partial charge in [0.25, 0.3) is 0 Å². The molecule has 0 aromatic rings. The number of hydrogen-bond donors (Lipinski definition) is 2. The summed E-state index contributed by atoms with van der Waals surface area (Å²) in [6.45, 7) is 1.42. The summed E-state index contributed by atoms with van der Waals surface area (Å²) >= 11 is 0. The molecular weight excluding hydrogens is 220 g/mol. The van der Waals surface area contributed by atoms with Crippen molar-refractivity contribution in [3.8, 4) is 0 Å². The van der Waals surface area contributed by atoms with E-state index >= 15 is 0 Å². The number of aliphatic hydroxyl groups is 1. The first-order valence-corrected chi connectivity index (χ1v) is 6.41. The molecule has 2 saturated heterocycles. The Labute approximate surface area is 100 Å². The summed E-state index contributed by atoms with van der Waals surface area (Å²) in [5, 5.41) is 12.5. The molecular formula is C12H18N2O3. The average Bonchev–Trinajstić information content (AvgIpc) is 2.96. The molecule has 3 rings (SSSR count). The molecule has 2 N–H and O–H groups in total.